The first-order chi connectivity index (χ1) is 11.6. The highest BCUT2D eigenvalue weighted by Crippen LogP contribution is 2.22. The van der Waals surface area contributed by atoms with Gasteiger partial charge in [0.05, 0.1) is 16.8 Å². The van der Waals surface area contributed by atoms with Crippen LogP contribution >= 0.6 is 0 Å². The van der Waals surface area contributed by atoms with Crippen LogP contribution in [0.3, 0.4) is 0 Å². The number of nitrogens with zero attached hydrogens (tertiary/aromatic N) is 2. The zero-order valence-electron chi connectivity index (χ0n) is 12.8. The lowest BCUT2D eigenvalue weighted by Gasteiger charge is -2.07. The number of hydrogen-bond acceptors (Lipinski definition) is 4. The summed E-state index contributed by atoms with van der Waals surface area (Å²) in [4.78, 5) is 38.4. The second-order valence-corrected chi connectivity index (χ2v) is 5.82. The maximum Gasteiger partial charge on any atom is 0.284 e. The number of amides is 2. The Kier molecular flexibility index (Phi) is 3.30. The molecule has 2 amide bonds. The summed E-state index contributed by atoms with van der Waals surface area (Å²) in [6.45, 7) is 0. The predicted octanol–water partition coefficient (Wildman–Crippen LogP) is 1.52. The molecule has 4 rings (SSSR count). The minimum absolute atomic E-state index is 0.0266. The molecule has 8 heteroatoms. The van der Waals surface area contributed by atoms with Gasteiger partial charge in [0.15, 0.2) is 5.82 Å². The number of carbonyl (C=O) groups excluding carboxylic acids is 2. The number of para-hydroxylation sites is 1. The van der Waals surface area contributed by atoms with Gasteiger partial charge in [-0.25, -0.2) is 9.97 Å². The summed E-state index contributed by atoms with van der Waals surface area (Å²) in [5.41, 5.74) is 8.68. The van der Waals surface area contributed by atoms with Gasteiger partial charge in [-0.3, -0.25) is 14.9 Å². The number of carbonyl (C=O) groups is 2. The number of primary amides is 1. The first kappa shape index (κ1) is 14.4. The third-order valence-electron chi connectivity index (χ3n) is 4.18. The van der Waals surface area contributed by atoms with Crippen molar-refractivity contribution in [1.82, 2.24) is 19.9 Å². The summed E-state index contributed by atoms with van der Waals surface area (Å²) in [6, 6.07) is 5.09. The topological polar surface area (TPSA) is 130 Å². The number of hydrogen-bond donors (Lipinski definition) is 4. The molecule has 0 saturated heterocycles. The summed E-state index contributed by atoms with van der Waals surface area (Å²) < 4.78 is 0. The van der Waals surface area contributed by atoms with Crippen LogP contribution in [-0.2, 0) is 12.8 Å². The van der Waals surface area contributed by atoms with Crippen LogP contribution in [0.15, 0.2) is 18.2 Å². The van der Waals surface area contributed by atoms with E-state index in [1.807, 2.05) is 0 Å². The molecule has 0 aliphatic heterocycles. The van der Waals surface area contributed by atoms with E-state index >= 15 is 0 Å². The maximum absolute atomic E-state index is 12.6. The molecule has 24 heavy (non-hydrogen) atoms. The lowest BCUT2D eigenvalue weighted by molar-refractivity contribution is 0.0989. The van der Waals surface area contributed by atoms with Gasteiger partial charge in [0.2, 0.25) is 5.95 Å². The number of anilines is 1. The molecule has 1 aliphatic carbocycles. The molecule has 0 fully saturated rings. The lowest BCUT2D eigenvalue weighted by atomic mass is 10.0. The van der Waals surface area contributed by atoms with Gasteiger partial charge in [0, 0.05) is 5.69 Å². The van der Waals surface area contributed by atoms with Crippen molar-refractivity contribution in [2.45, 2.75) is 25.7 Å². The number of fused-ring (bicyclic) bond motifs is 2. The Balaban J connectivity index is 1.65. The monoisotopic (exact) mass is 324 g/mol. The summed E-state index contributed by atoms with van der Waals surface area (Å²) in [6.07, 6.45) is 4.13. The molecule has 2 aromatic heterocycles. The quantitative estimate of drug-likeness (QED) is 0.582. The largest absolute Gasteiger partial charge is 0.363 e. The number of nitrogens with one attached hydrogen (secondary N) is 3. The van der Waals surface area contributed by atoms with Gasteiger partial charge in [-0.15, -0.1) is 0 Å². The highest BCUT2D eigenvalue weighted by Gasteiger charge is 2.19. The van der Waals surface area contributed by atoms with Gasteiger partial charge in [-0.05, 0) is 37.8 Å². The Bertz CT molecular complexity index is 931. The zero-order chi connectivity index (χ0) is 16.7. The van der Waals surface area contributed by atoms with Crippen molar-refractivity contribution in [1.29, 1.82) is 0 Å². The highest BCUT2D eigenvalue weighted by atomic mass is 16.2. The number of rotatable bonds is 3. The fraction of sp³-hybridized carbons (Fsp3) is 0.250. The zero-order valence-corrected chi connectivity index (χ0v) is 12.8. The molecule has 0 atom stereocenters. The number of nitrogens with two attached hydrogens (primary N) is 1. The smallest absolute Gasteiger partial charge is 0.284 e. The van der Waals surface area contributed by atoms with E-state index in [2.05, 4.69) is 25.3 Å². The van der Waals surface area contributed by atoms with Crippen molar-refractivity contribution in [3.63, 3.8) is 0 Å². The molecule has 0 saturated carbocycles. The van der Waals surface area contributed by atoms with Gasteiger partial charge >= 0.3 is 0 Å². The molecule has 1 aliphatic rings. The molecule has 0 radical (unpaired) electrons. The molecular weight excluding hydrogens is 308 g/mol. The first-order valence-corrected chi connectivity index (χ1v) is 7.79. The van der Waals surface area contributed by atoms with Crippen LogP contribution in [0.2, 0.25) is 0 Å². The van der Waals surface area contributed by atoms with Gasteiger partial charge in [-0.1, -0.05) is 6.07 Å². The number of imidazole rings is 2. The Morgan fingerprint density at radius 2 is 1.96 bits per heavy atom. The fourth-order valence-electron chi connectivity index (χ4n) is 3.02. The van der Waals surface area contributed by atoms with Crippen LogP contribution in [0.25, 0.3) is 11.0 Å². The molecular formula is C16H16N6O2. The molecule has 0 spiro atoms. The van der Waals surface area contributed by atoms with Crippen molar-refractivity contribution in [2.75, 3.05) is 5.32 Å². The van der Waals surface area contributed by atoms with E-state index in [0.29, 0.717) is 22.5 Å². The average Bonchev–Trinajstić information content (AvgIpc) is 3.17. The first-order valence-electron chi connectivity index (χ1n) is 7.79. The SMILES string of the molecule is NC(=O)c1nc2c(C(=O)Nc3nc4c([nH]3)CCCC4)cccc2[nH]1. The molecule has 122 valence electrons. The molecule has 8 nitrogen and oxygen atoms in total. The minimum atomic E-state index is -0.670. The molecule has 1 aromatic carbocycles. The lowest BCUT2D eigenvalue weighted by Crippen LogP contribution is -2.14. The van der Waals surface area contributed by atoms with Crippen LogP contribution in [0.1, 0.15) is 45.2 Å². The van der Waals surface area contributed by atoms with Crippen molar-refractivity contribution >= 4 is 28.8 Å². The van der Waals surface area contributed by atoms with Gasteiger partial charge in [0.1, 0.15) is 5.52 Å². The second-order valence-electron chi connectivity index (χ2n) is 5.82. The van der Waals surface area contributed by atoms with E-state index in [-0.39, 0.29) is 11.7 Å². The van der Waals surface area contributed by atoms with Crippen LogP contribution in [0, 0.1) is 0 Å². The molecule has 5 N–H and O–H groups in total. The van der Waals surface area contributed by atoms with Crippen LogP contribution < -0.4 is 11.1 Å². The van der Waals surface area contributed by atoms with E-state index in [0.717, 1.165) is 37.1 Å². The van der Waals surface area contributed by atoms with Crippen LogP contribution in [-0.4, -0.2) is 31.8 Å². The Labute approximate surface area is 136 Å². The number of benzene rings is 1. The third kappa shape index (κ3) is 2.41. The average molecular weight is 324 g/mol. The minimum Gasteiger partial charge on any atom is -0.363 e. The van der Waals surface area contributed by atoms with Crippen molar-refractivity contribution < 1.29 is 9.59 Å². The van der Waals surface area contributed by atoms with Crippen molar-refractivity contribution in [3.8, 4) is 0 Å². The second kappa shape index (κ2) is 5.48. The highest BCUT2D eigenvalue weighted by molar-refractivity contribution is 6.11. The standard InChI is InChI=1S/C16H16N6O2/c17-13(23)14-18-11-7-3-4-8(12(11)21-14)15(24)22-16-19-9-5-1-2-6-10(9)20-16/h3-4,7H,1-2,5-6H2,(H2,17,23)(H,18,21)(H2,19,20,22,24). The molecule has 0 unspecified atom stereocenters. The normalized spacial score (nSPS) is 13.7. The maximum atomic E-state index is 12.6. The summed E-state index contributed by atoms with van der Waals surface area (Å²) in [5, 5.41) is 2.77. The van der Waals surface area contributed by atoms with E-state index in [1.54, 1.807) is 18.2 Å². The van der Waals surface area contributed by atoms with Crippen molar-refractivity contribution in [2.24, 2.45) is 5.73 Å². The van der Waals surface area contributed by atoms with E-state index in [4.69, 9.17) is 5.73 Å². The van der Waals surface area contributed by atoms with Gasteiger partial charge in [-0.2, -0.15) is 0 Å². The fourth-order valence-corrected chi connectivity index (χ4v) is 3.02. The van der Waals surface area contributed by atoms with E-state index in [9.17, 15) is 9.59 Å². The van der Waals surface area contributed by atoms with E-state index in [1.165, 1.54) is 0 Å². The van der Waals surface area contributed by atoms with Crippen LogP contribution in [0.4, 0.5) is 5.95 Å². The van der Waals surface area contributed by atoms with Crippen LogP contribution in [0.5, 0.6) is 0 Å². The Morgan fingerprint density at radius 1 is 1.12 bits per heavy atom. The Hall–Kier alpha value is -3.16. The number of aryl methyl sites for hydroxylation is 2. The van der Waals surface area contributed by atoms with E-state index < -0.39 is 5.91 Å². The summed E-state index contributed by atoms with van der Waals surface area (Å²) >= 11 is 0. The van der Waals surface area contributed by atoms with Crippen molar-refractivity contribution in [3.05, 3.63) is 41.0 Å². The van der Waals surface area contributed by atoms with Gasteiger partial charge in [0.25, 0.3) is 11.8 Å². The molecule has 2 heterocycles. The molecule has 0 bridgehead atoms. The Morgan fingerprint density at radius 3 is 2.75 bits per heavy atom. The number of aromatic nitrogens is 4. The summed E-state index contributed by atoms with van der Waals surface area (Å²) in [5.74, 6) is -0.543. The third-order valence-corrected chi connectivity index (χ3v) is 4.18. The predicted molar refractivity (Wildman–Crippen MR) is 87.8 cm³/mol. The summed E-state index contributed by atoms with van der Waals surface area (Å²) in [7, 11) is 0. The molecule has 3 aromatic rings. The van der Waals surface area contributed by atoms with Gasteiger partial charge < -0.3 is 15.7 Å². The number of aromatic amines is 2. The number of H-pyrrole nitrogens is 2.